The van der Waals surface area contributed by atoms with Crippen LogP contribution >= 0.6 is 0 Å². The Morgan fingerprint density at radius 2 is 1.70 bits per heavy atom. The first-order chi connectivity index (χ1) is 14.5. The number of aliphatic hydroxyl groups excluding tert-OH is 1. The average Bonchev–Trinajstić information content (AvgIpc) is 3.00. The van der Waals surface area contributed by atoms with E-state index in [1.54, 1.807) is 18.2 Å². The molecule has 1 atom stereocenters. The number of ether oxygens (including phenoxy) is 2. The lowest BCUT2D eigenvalue weighted by atomic mass is 9.95. The molecule has 1 amide bonds. The summed E-state index contributed by atoms with van der Waals surface area (Å²) in [7, 11) is 0. The third-order valence-corrected chi connectivity index (χ3v) is 4.94. The van der Waals surface area contributed by atoms with E-state index in [-0.39, 0.29) is 11.3 Å². The summed E-state index contributed by atoms with van der Waals surface area (Å²) in [6, 6.07) is 13.7. The van der Waals surface area contributed by atoms with Crippen LogP contribution in [-0.2, 0) is 9.59 Å². The Kier molecular flexibility index (Phi) is 6.77. The molecule has 3 rings (SSSR count). The quantitative estimate of drug-likeness (QED) is 0.399. The zero-order valence-electron chi connectivity index (χ0n) is 17.6. The third kappa shape index (κ3) is 4.03. The maximum Gasteiger partial charge on any atom is 0.295 e. The second-order valence-corrected chi connectivity index (χ2v) is 6.93. The normalized spacial score (nSPS) is 18.0. The van der Waals surface area contributed by atoms with Crippen molar-refractivity contribution in [2.24, 2.45) is 0 Å². The molecule has 2 aromatic carbocycles. The summed E-state index contributed by atoms with van der Waals surface area (Å²) < 4.78 is 11.2. The second-order valence-electron chi connectivity index (χ2n) is 6.93. The summed E-state index contributed by atoms with van der Waals surface area (Å²) >= 11 is 0. The molecule has 0 radical (unpaired) electrons. The summed E-state index contributed by atoms with van der Waals surface area (Å²) in [5.41, 5.74) is 1.20. The first-order valence-corrected chi connectivity index (χ1v) is 10.3. The van der Waals surface area contributed by atoms with Gasteiger partial charge in [0.1, 0.15) is 17.3 Å². The summed E-state index contributed by atoms with van der Waals surface area (Å²) in [4.78, 5) is 27.2. The number of aliphatic hydroxyl groups is 1. The van der Waals surface area contributed by atoms with Crippen molar-refractivity contribution in [2.45, 2.75) is 33.2 Å². The molecule has 1 N–H and O–H groups in total. The first-order valence-electron chi connectivity index (χ1n) is 10.3. The fraction of sp³-hybridized carbons (Fsp3) is 0.333. The first kappa shape index (κ1) is 21.4. The SMILES string of the molecule is CCCN1C(=O)C(=O)/C(=C(\O)c2ccc(OCC)cc2OCC)C1c1ccccc1. The van der Waals surface area contributed by atoms with E-state index in [2.05, 4.69) is 0 Å². The van der Waals surface area contributed by atoms with E-state index in [0.29, 0.717) is 43.2 Å². The highest BCUT2D eigenvalue weighted by Gasteiger charge is 2.45. The van der Waals surface area contributed by atoms with E-state index in [9.17, 15) is 14.7 Å². The number of amides is 1. The van der Waals surface area contributed by atoms with Gasteiger partial charge in [0.25, 0.3) is 11.7 Å². The number of carbonyl (C=O) groups excluding carboxylic acids is 2. The Bertz CT molecular complexity index is 951. The molecule has 158 valence electrons. The van der Waals surface area contributed by atoms with Crippen molar-refractivity contribution in [3.63, 3.8) is 0 Å². The van der Waals surface area contributed by atoms with Gasteiger partial charge in [-0.15, -0.1) is 0 Å². The topological polar surface area (TPSA) is 76.1 Å². The summed E-state index contributed by atoms with van der Waals surface area (Å²) in [6.45, 7) is 6.95. The minimum Gasteiger partial charge on any atom is -0.507 e. The van der Waals surface area contributed by atoms with Crippen molar-refractivity contribution in [2.75, 3.05) is 19.8 Å². The van der Waals surface area contributed by atoms with Gasteiger partial charge in [-0.2, -0.15) is 0 Å². The number of Topliss-reactive ketones (excluding diaryl/α,β-unsaturated/α-hetero) is 1. The molecule has 1 aliphatic rings. The molecular formula is C24H27NO5. The van der Waals surface area contributed by atoms with E-state index in [4.69, 9.17) is 9.47 Å². The highest BCUT2D eigenvalue weighted by Crippen LogP contribution is 2.41. The van der Waals surface area contributed by atoms with Crippen LogP contribution < -0.4 is 9.47 Å². The number of benzene rings is 2. The van der Waals surface area contributed by atoms with Gasteiger partial charge in [-0.25, -0.2) is 0 Å². The Labute approximate surface area is 176 Å². The standard InChI is InChI=1S/C24H27NO5/c1-4-14-25-21(16-10-8-7-9-11-16)20(23(27)24(25)28)22(26)18-13-12-17(29-5-2)15-19(18)30-6-3/h7-13,15,21,26H,4-6,14H2,1-3H3/b22-20-. The van der Waals surface area contributed by atoms with Crippen LogP contribution in [0.2, 0.25) is 0 Å². The molecule has 0 aromatic heterocycles. The molecular weight excluding hydrogens is 382 g/mol. The molecule has 0 aliphatic carbocycles. The van der Waals surface area contributed by atoms with Gasteiger partial charge in [0.15, 0.2) is 0 Å². The van der Waals surface area contributed by atoms with Gasteiger partial charge in [-0.1, -0.05) is 37.3 Å². The van der Waals surface area contributed by atoms with Crippen molar-refractivity contribution in [1.29, 1.82) is 0 Å². The van der Waals surface area contributed by atoms with Gasteiger partial charge in [-0.3, -0.25) is 9.59 Å². The maximum atomic E-state index is 13.0. The lowest BCUT2D eigenvalue weighted by Crippen LogP contribution is -2.30. The number of hydrogen-bond acceptors (Lipinski definition) is 5. The third-order valence-electron chi connectivity index (χ3n) is 4.94. The molecule has 1 heterocycles. The zero-order chi connectivity index (χ0) is 21.7. The molecule has 2 aromatic rings. The highest BCUT2D eigenvalue weighted by molar-refractivity contribution is 6.46. The summed E-state index contributed by atoms with van der Waals surface area (Å²) in [5.74, 6) is -0.535. The summed E-state index contributed by atoms with van der Waals surface area (Å²) in [5, 5.41) is 11.2. The Morgan fingerprint density at radius 3 is 2.33 bits per heavy atom. The average molecular weight is 409 g/mol. The largest absolute Gasteiger partial charge is 0.507 e. The van der Waals surface area contributed by atoms with Crippen LogP contribution in [0.1, 0.15) is 44.4 Å². The monoisotopic (exact) mass is 409 g/mol. The van der Waals surface area contributed by atoms with Gasteiger partial charge < -0.3 is 19.5 Å². The van der Waals surface area contributed by atoms with Crippen molar-refractivity contribution < 1.29 is 24.2 Å². The minimum absolute atomic E-state index is 0.0739. The molecule has 30 heavy (non-hydrogen) atoms. The fourth-order valence-corrected chi connectivity index (χ4v) is 3.71. The van der Waals surface area contributed by atoms with Gasteiger partial charge in [0.05, 0.1) is 30.4 Å². The predicted octanol–water partition coefficient (Wildman–Crippen LogP) is 4.32. The molecule has 1 saturated heterocycles. The molecule has 6 heteroatoms. The van der Waals surface area contributed by atoms with Crippen molar-refractivity contribution >= 4 is 17.4 Å². The van der Waals surface area contributed by atoms with Crippen molar-refractivity contribution in [3.8, 4) is 11.5 Å². The lowest BCUT2D eigenvalue weighted by Gasteiger charge is -2.25. The second kappa shape index (κ2) is 9.48. The van der Waals surface area contributed by atoms with Crippen molar-refractivity contribution in [1.82, 2.24) is 4.90 Å². The number of ketones is 1. The van der Waals surface area contributed by atoms with Gasteiger partial charge in [0, 0.05) is 12.6 Å². The van der Waals surface area contributed by atoms with Crippen LogP contribution in [-0.4, -0.2) is 41.5 Å². The molecule has 0 spiro atoms. The fourth-order valence-electron chi connectivity index (χ4n) is 3.71. The van der Waals surface area contributed by atoms with Crippen LogP contribution in [0.15, 0.2) is 54.1 Å². The van der Waals surface area contributed by atoms with Gasteiger partial charge in [0.2, 0.25) is 0 Å². The Morgan fingerprint density at radius 1 is 1.00 bits per heavy atom. The van der Waals surface area contributed by atoms with E-state index >= 15 is 0 Å². The molecule has 1 fully saturated rings. The van der Waals surface area contributed by atoms with Gasteiger partial charge >= 0.3 is 0 Å². The van der Waals surface area contributed by atoms with Crippen molar-refractivity contribution in [3.05, 3.63) is 65.2 Å². The molecule has 0 saturated carbocycles. The molecule has 1 unspecified atom stereocenters. The minimum atomic E-state index is -0.689. The van der Waals surface area contributed by atoms with E-state index in [1.807, 2.05) is 51.1 Å². The van der Waals surface area contributed by atoms with Gasteiger partial charge in [-0.05, 0) is 38.0 Å². The summed E-state index contributed by atoms with van der Waals surface area (Å²) in [6.07, 6.45) is 0.698. The van der Waals surface area contributed by atoms with E-state index in [0.717, 1.165) is 5.56 Å². The van der Waals surface area contributed by atoms with Crippen LogP contribution in [0.4, 0.5) is 0 Å². The van der Waals surface area contributed by atoms with E-state index < -0.39 is 17.7 Å². The number of carbonyl (C=O) groups is 2. The Balaban J connectivity index is 2.18. The maximum absolute atomic E-state index is 13.0. The van der Waals surface area contributed by atoms with Crippen LogP contribution in [0, 0.1) is 0 Å². The molecule has 0 bridgehead atoms. The number of likely N-dealkylation sites (tertiary alicyclic amines) is 1. The predicted molar refractivity (Wildman–Crippen MR) is 115 cm³/mol. The lowest BCUT2D eigenvalue weighted by molar-refractivity contribution is -0.139. The number of hydrogen-bond donors (Lipinski definition) is 1. The smallest absolute Gasteiger partial charge is 0.295 e. The number of rotatable bonds is 8. The molecule has 6 nitrogen and oxygen atoms in total. The Hall–Kier alpha value is -3.28. The van der Waals surface area contributed by atoms with Crippen LogP contribution in [0.5, 0.6) is 11.5 Å². The molecule has 1 aliphatic heterocycles. The zero-order valence-corrected chi connectivity index (χ0v) is 17.6. The van der Waals surface area contributed by atoms with Crippen LogP contribution in [0.3, 0.4) is 0 Å². The van der Waals surface area contributed by atoms with Crippen LogP contribution in [0.25, 0.3) is 5.76 Å². The van der Waals surface area contributed by atoms with E-state index in [1.165, 1.54) is 4.90 Å². The number of nitrogens with zero attached hydrogens (tertiary/aromatic N) is 1. The highest BCUT2D eigenvalue weighted by atomic mass is 16.5.